The van der Waals surface area contributed by atoms with Crippen LogP contribution in [-0.4, -0.2) is 27.7 Å². The third kappa shape index (κ3) is 5.60. The molecule has 0 saturated heterocycles. The van der Waals surface area contributed by atoms with Crippen molar-refractivity contribution in [2.75, 3.05) is 6.61 Å². The number of rotatable bonds is 7. The minimum atomic E-state index is -4.63. The highest BCUT2D eigenvalue weighted by molar-refractivity contribution is 9.10. The number of ether oxygens (including phenoxy) is 1. The molecule has 1 aromatic heterocycles. The van der Waals surface area contributed by atoms with Gasteiger partial charge in [0.1, 0.15) is 6.73 Å². The first kappa shape index (κ1) is 24.0. The van der Waals surface area contributed by atoms with E-state index in [1.165, 1.54) is 12.3 Å². The molecule has 168 valence electrons. The summed E-state index contributed by atoms with van der Waals surface area (Å²) in [5, 5.41) is 0.417. The highest BCUT2D eigenvalue weighted by Crippen LogP contribution is 2.35. The van der Waals surface area contributed by atoms with Gasteiger partial charge in [0, 0.05) is 30.7 Å². The van der Waals surface area contributed by atoms with E-state index in [0.717, 1.165) is 18.2 Å². The van der Waals surface area contributed by atoms with Gasteiger partial charge in [0.15, 0.2) is 0 Å². The van der Waals surface area contributed by atoms with Crippen molar-refractivity contribution < 1.29 is 26.3 Å². The Hall–Kier alpha value is -1.62. The highest BCUT2D eigenvalue weighted by atomic mass is 79.9. The summed E-state index contributed by atoms with van der Waals surface area (Å²) in [6.45, 7) is 7.42. The second-order valence-corrected chi connectivity index (χ2v) is 17.0. The molecule has 0 aliphatic carbocycles. The molecule has 0 bridgehead atoms. The van der Waals surface area contributed by atoms with Crippen molar-refractivity contribution in [1.29, 1.82) is 0 Å². The number of benzene rings is 2. The number of aromatic nitrogens is 1. The Balaban J connectivity index is 2.02. The van der Waals surface area contributed by atoms with Crippen LogP contribution in [0.3, 0.4) is 0 Å². The Labute approximate surface area is 189 Å². The molecular weight excluding hydrogens is 511 g/mol. The standard InChI is InChI=1S/C21H23BrF3NO3SSi/c1-31(2,3)10-9-29-14-26-13-20(18-12-16(22)7-8-19(18)26)30(27,28)17-6-4-5-15(11-17)21(23,24)25/h4-8,11-13H,9-10,14H2,1-3H3. The van der Waals surface area contributed by atoms with Gasteiger partial charge in [0.2, 0.25) is 9.84 Å². The van der Waals surface area contributed by atoms with Crippen molar-refractivity contribution >= 4 is 44.7 Å². The van der Waals surface area contributed by atoms with Gasteiger partial charge >= 0.3 is 6.18 Å². The van der Waals surface area contributed by atoms with Crippen LogP contribution >= 0.6 is 15.9 Å². The molecule has 0 aliphatic heterocycles. The maximum absolute atomic E-state index is 13.3. The zero-order chi connectivity index (χ0) is 23.0. The van der Waals surface area contributed by atoms with Crippen molar-refractivity contribution in [3.8, 4) is 0 Å². The molecule has 0 atom stereocenters. The van der Waals surface area contributed by atoms with Crippen molar-refractivity contribution in [1.82, 2.24) is 4.57 Å². The topological polar surface area (TPSA) is 48.3 Å². The number of alkyl halides is 3. The van der Waals surface area contributed by atoms with Crippen LogP contribution in [0, 0.1) is 0 Å². The van der Waals surface area contributed by atoms with Crippen LogP contribution in [0.5, 0.6) is 0 Å². The van der Waals surface area contributed by atoms with Gasteiger partial charge < -0.3 is 9.30 Å². The molecule has 4 nitrogen and oxygen atoms in total. The molecule has 10 heteroatoms. The van der Waals surface area contributed by atoms with Gasteiger partial charge in [-0.25, -0.2) is 8.42 Å². The van der Waals surface area contributed by atoms with Crippen LogP contribution in [0.2, 0.25) is 25.7 Å². The normalized spacial score (nSPS) is 13.1. The Morgan fingerprint density at radius 1 is 1.10 bits per heavy atom. The third-order valence-corrected chi connectivity index (χ3v) is 8.77. The fourth-order valence-electron chi connectivity index (χ4n) is 3.07. The Morgan fingerprint density at radius 3 is 2.45 bits per heavy atom. The molecule has 3 rings (SSSR count). The molecule has 2 aromatic carbocycles. The first-order valence-electron chi connectivity index (χ1n) is 9.57. The van der Waals surface area contributed by atoms with E-state index < -0.39 is 34.5 Å². The molecule has 31 heavy (non-hydrogen) atoms. The SMILES string of the molecule is C[Si](C)(C)CCOCn1cc(S(=O)(=O)c2cccc(C(F)(F)F)c2)c2cc(Br)ccc21. The summed E-state index contributed by atoms with van der Waals surface area (Å²) in [6, 6.07) is 9.95. The van der Waals surface area contributed by atoms with Crippen molar-refractivity contribution in [2.24, 2.45) is 0 Å². The van der Waals surface area contributed by atoms with E-state index >= 15 is 0 Å². The minimum absolute atomic E-state index is 0.0584. The maximum atomic E-state index is 13.3. The summed E-state index contributed by atoms with van der Waals surface area (Å²) in [4.78, 5) is -0.460. The van der Waals surface area contributed by atoms with Crippen molar-refractivity contribution in [2.45, 2.75) is 48.4 Å². The minimum Gasteiger partial charge on any atom is -0.361 e. The lowest BCUT2D eigenvalue weighted by Gasteiger charge is -2.15. The molecule has 0 amide bonds. The van der Waals surface area contributed by atoms with Crippen LogP contribution in [0.1, 0.15) is 5.56 Å². The number of halogens is 4. The molecule has 0 unspecified atom stereocenters. The van der Waals surface area contributed by atoms with E-state index in [2.05, 4.69) is 35.6 Å². The predicted octanol–water partition coefficient (Wildman–Crippen LogP) is 6.57. The Bertz CT molecular complexity index is 1200. The van der Waals surface area contributed by atoms with Gasteiger partial charge in [0.05, 0.1) is 20.9 Å². The van der Waals surface area contributed by atoms with Crippen molar-refractivity contribution in [3.63, 3.8) is 0 Å². The monoisotopic (exact) mass is 533 g/mol. The summed E-state index contributed by atoms with van der Waals surface area (Å²) in [5.41, 5.74) is -0.380. The molecule has 1 heterocycles. The van der Waals surface area contributed by atoms with Gasteiger partial charge in [-0.1, -0.05) is 41.6 Å². The zero-order valence-electron chi connectivity index (χ0n) is 17.3. The average molecular weight is 534 g/mol. The fourth-order valence-corrected chi connectivity index (χ4v) is 5.70. The van der Waals surface area contributed by atoms with Gasteiger partial charge in [-0.05, 0) is 42.4 Å². The lowest BCUT2D eigenvalue weighted by Crippen LogP contribution is -2.21. The van der Waals surface area contributed by atoms with E-state index in [4.69, 9.17) is 4.74 Å². The lowest BCUT2D eigenvalue weighted by molar-refractivity contribution is -0.137. The summed E-state index contributed by atoms with van der Waals surface area (Å²) < 4.78 is 74.0. The van der Waals surface area contributed by atoms with Gasteiger partial charge in [-0.15, -0.1) is 0 Å². The molecule has 0 saturated carbocycles. The van der Waals surface area contributed by atoms with E-state index in [0.29, 0.717) is 28.0 Å². The first-order chi connectivity index (χ1) is 14.3. The lowest BCUT2D eigenvalue weighted by atomic mass is 10.2. The first-order valence-corrected chi connectivity index (χ1v) is 15.6. The summed E-state index contributed by atoms with van der Waals surface area (Å²) in [5.74, 6) is 0. The highest BCUT2D eigenvalue weighted by Gasteiger charge is 2.32. The van der Waals surface area contributed by atoms with Crippen LogP contribution in [0.4, 0.5) is 13.2 Å². The summed E-state index contributed by atoms with van der Waals surface area (Å²) >= 11 is 3.34. The number of sulfone groups is 1. The summed E-state index contributed by atoms with van der Waals surface area (Å²) in [6.07, 6.45) is -3.20. The van der Waals surface area contributed by atoms with Crippen LogP contribution < -0.4 is 0 Å². The summed E-state index contributed by atoms with van der Waals surface area (Å²) in [7, 11) is -5.46. The Morgan fingerprint density at radius 2 is 1.81 bits per heavy atom. The van der Waals surface area contributed by atoms with E-state index in [-0.39, 0.29) is 11.6 Å². The average Bonchev–Trinajstić information content (AvgIpc) is 3.02. The molecule has 0 spiro atoms. The Kier molecular flexibility index (Phi) is 6.76. The number of nitrogens with zero attached hydrogens (tertiary/aromatic N) is 1. The second kappa shape index (κ2) is 8.72. The predicted molar refractivity (Wildman–Crippen MR) is 121 cm³/mol. The van der Waals surface area contributed by atoms with E-state index in [9.17, 15) is 21.6 Å². The molecule has 0 N–H and O–H groups in total. The number of hydrogen-bond acceptors (Lipinski definition) is 3. The third-order valence-electron chi connectivity index (χ3n) is 4.79. The quantitative estimate of drug-likeness (QED) is 0.255. The van der Waals surface area contributed by atoms with Crippen LogP contribution in [0.25, 0.3) is 10.9 Å². The molecule has 3 aromatic rings. The zero-order valence-corrected chi connectivity index (χ0v) is 20.7. The van der Waals surface area contributed by atoms with Crippen LogP contribution in [0.15, 0.2) is 62.9 Å². The largest absolute Gasteiger partial charge is 0.416 e. The number of fused-ring (bicyclic) bond motifs is 1. The van der Waals surface area contributed by atoms with Crippen molar-refractivity contribution in [3.05, 3.63) is 58.7 Å². The van der Waals surface area contributed by atoms with Gasteiger partial charge in [0.25, 0.3) is 0 Å². The molecule has 0 aliphatic rings. The molecular formula is C21H23BrF3NO3SSi. The molecule has 0 fully saturated rings. The fraction of sp³-hybridized carbons (Fsp3) is 0.333. The van der Waals surface area contributed by atoms with E-state index in [1.54, 1.807) is 22.8 Å². The van der Waals surface area contributed by atoms with E-state index in [1.807, 2.05) is 0 Å². The molecule has 0 radical (unpaired) electrons. The maximum Gasteiger partial charge on any atom is 0.416 e. The number of hydrogen-bond donors (Lipinski definition) is 0. The van der Waals surface area contributed by atoms with Crippen LogP contribution in [-0.2, 0) is 27.5 Å². The second-order valence-electron chi connectivity index (χ2n) is 8.50. The van der Waals surface area contributed by atoms with Gasteiger partial charge in [-0.2, -0.15) is 13.2 Å². The smallest absolute Gasteiger partial charge is 0.361 e. The van der Waals surface area contributed by atoms with Gasteiger partial charge in [-0.3, -0.25) is 0 Å².